The maximum atomic E-state index is 14.0. The van der Waals surface area contributed by atoms with Crippen LogP contribution in [0.2, 0.25) is 10.0 Å². The number of carbonyl (C=O) groups excluding carboxylic acids is 3. The molecule has 1 fully saturated rings. The first-order valence-electron chi connectivity index (χ1n) is 14.2. The van der Waals surface area contributed by atoms with E-state index in [1.54, 1.807) is 12.1 Å². The molecule has 0 aliphatic carbocycles. The van der Waals surface area contributed by atoms with E-state index in [9.17, 15) is 23.6 Å². The predicted molar refractivity (Wildman–Crippen MR) is 178 cm³/mol. The molecule has 3 aromatic carbocycles. The summed E-state index contributed by atoms with van der Waals surface area (Å²) in [5, 5.41) is 2.95. The predicted octanol–water partition coefficient (Wildman–Crippen LogP) is 6.64. The van der Waals surface area contributed by atoms with Crippen LogP contribution in [0.3, 0.4) is 0 Å². The van der Waals surface area contributed by atoms with Gasteiger partial charge in [0.25, 0.3) is 0 Å². The molecule has 1 N–H and O–H groups in total. The molecule has 1 saturated heterocycles. The van der Waals surface area contributed by atoms with Gasteiger partial charge >= 0.3 is 4.87 Å². The minimum atomic E-state index is -0.860. The van der Waals surface area contributed by atoms with Crippen LogP contribution in [0.15, 0.2) is 76.6 Å². The average molecular weight is 686 g/mol. The van der Waals surface area contributed by atoms with Crippen molar-refractivity contribution in [3.63, 3.8) is 0 Å². The summed E-state index contributed by atoms with van der Waals surface area (Å²) in [6.45, 7) is 5.46. The fourth-order valence-electron chi connectivity index (χ4n) is 5.86. The van der Waals surface area contributed by atoms with Gasteiger partial charge in [0.2, 0.25) is 17.7 Å². The molecule has 2 aliphatic rings. The molecule has 4 aromatic rings. The van der Waals surface area contributed by atoms with Crippen molar-refractivity contribution in [2.75, 3.05) is 28.2 Å². The van der Waals surface area contributed by atoms with Gasteiger partial charge in [-0.2, -0.15) is 0 Å². The number of thioether (sulfide) groups is 1. The summed E-state index contributed by atoms with van der Waals surface area (Å²) >= 11 is 14.2. The average Bonchev–Trinajstić information content (AvgIpc) is 3.46. The van der Waals surface area contributed by atoms with Crippen LogP contribution in [-0.4, -0.2) is 40.6 Å². The molecule has 0 spiro atoms. The zero-order valence-corrected chi connectivity index (χ0v) is 27.3. The van der Waals surface area contributed by atoms with Gasteiger partial charge < -0.3 is 10.2 Å². The van der Waals surface area contributed by atoms with Crippen LogP contribution in [0, 0.1) is 11.7 Å². The fourth-order valence-corrected chi connectivity index (χ4v) is 8.93. The summed E-state index contributed by atoms with van der Waals surface area (Å²) in [5.74, 6) is -3.26. The van der Waals surface area contributed by atoms with E-state index in [0.29, 0.717) is 20.6 Å². The van der Waals surface area contributed by atoms with E-state index < -0.39 is 40.6 Å². The fraction of sp³-hybridized carbons (Fsp3) is 0.250. The normalized spacial score (nSPS) is 19.0. The summed E-state index contributed by atoms with van der Waals surface area (Å²) in [7, 11) is 0. The van der Waals surface area contributed by atoms with E-state index in [1.807, 2.05) is 24.3 Å². The third kappa shape index (κ3) is 5.78. The second-order valence-corrected chi connectivity index (χ2v) is 13.5. The highest BCUT2D eigenvalue weighted by Crippen LogP contribution is 2.54. The molecule has 3 atom stereocenters. The number of carbonyl (C=O) groups is 3. The van der Waals surface area contributed by atoms with Gasteiger partial charge in [0, 0.05) is 35.3 Å². The Morgan fingerprint density at radius 1 is 0.933 bits per heavy atom. The highest BCUT2D eigenvalue weighted by Gasteiger charge is 2.56. The summed E-state index contributed by atoms with van der Waals surface area (Å²) in [6.07, 6.45) is 0. The number of nitrogens with zero attached hydrogens (tertiary/aromatic N) is 3. The lowest BCUT2D eigenvalue weighted by Crippen LogP contribution is -2.33. The Morgan fingerprint density at radius 3 is 2.27 bits per heavy atom. The van der Waals surface area contributed by atoms with Gasteiger partial charge in [-0.15, -0.1) is 0 Å². The molecule has 13 heteroatoms. The first-order valence-corrected chi connectivity index (χ1v) is 16.7. The number of nitrogens with one attached hydrogen (secondary N) is 1. The lowest BCUT2D eigenvalue weighted by molar-refractivity contribution is -0.122. The standard InChI is InChI=1S/C32H27Cl2FN4O4S2/c1-3-37(4-2)20-10-5-17(6-11-20)25-26-27(30(42)39(29(26)41)21-12-7-18(35)8-13-21)44-31-28(25)45-32(43)38(31)16-24(40)36-19-9-14-22(33)23(34)15-19/h5-15,25-27H,3-4,16H2,1-2H3,(H,36,40)/t25-,26-,27+/m0/s1. The van der Waals surface area contributed by atoms with Gasteiger partial charge in [0.1, 0.15) is 17.6 Å². The minimum Gasteiger partial charge on any atom is -0.372 e. The highest BCUT2D eigenvalue weighted by atomic mass is 35.5. The quantitative estimate of drug-likeness (QED) is 0.209. The molecule has 8 nitrogen and oxygen atoms in total. The Hall–Kier alpha value is -3.64. The van der Waals surface area contributed by atoms with Crippen molar-refractivity contribution in [3.8, 4) is 0 Å². The number of amides is 3. The molecule has 0 radical (unpaired) electrons. The van der Waals surface area contributed by atoms with Crippen LogP contribution < -0.4 is 20.0 Å². The van der Waals surface area contributed by atoms with Gasteiger partial charge in [0.15, 0.2) is 0 Å². The van der Waals surface area contributed by atoms with Crippen molar-refractivity contribution in [1.82, 2.24) is 4.57 Å². The molecule has 6 rings (SSSR count). The monoisotopic (exact) mass is 684 g/mol. The van der Waals surface area contributed by atoms with Crippen LogP contribution in [-0.2, 0) is 20.9 Å². The number of benzene rings is 3. The second kappa shape index (κ2) is 12.6. The van der Waals surface area contributed by atoms with Crippen molar-refractivity contribution < 1.29 is 18.8 Å². The maximum absolute atomic E-state index is 14.0. The molecular weight excluding hydrogens is 658 g/mol. The van der Waals surface area contributed by atoms with Crippen LogP contribution in [0.5, 0.6) is 0 Å². The summed E-state index contributed by atoms with van der Waals surface area (Å²) in [6, 6.07) is 17.7. The molecule has 3 amide bonds. The van der Waals surface area contributed by atoms with Gasteiger partial charge in [-0.1, -0.05) is 58.4 Å². The highest BCUT2D eigenvalue weighted by molar-refractivity contribution is 8.00. The Morgan fingerprint density at radius 2 is 1.62 bits per heavy atom. The number of anilines is 3. The van der Waals surface area contributed by atoms with Gasteiger partial charge in [-0.3, -0.25) is 23.7 Å². The number of hydrogen-bond donors (Lipinski definition) is 1. The molecule has 3 heterocycles. The molecule has 0 bridgehead atoms. The zero-order valence-electron chi connectivity index (χ0n) is 24.1. The van der Waals surface area contributed by atoms with Crippen molar-refractivity contribution in [1.29, 1.82) is 0 Å². The maximum Gasteiger partial charge on any atom is 0.308 e. The van der Waals surface area contributed by atoms with Crippen molar-refractivity contribution >= 4 is 81.1 Å². The molecular formula is C32H27Cl2FN4O4S2. The lowest BCUT2D eigenvalue weighted by atomic mass is 9.83. The number of aromatic nitrogens is 1. The molecule has 1 aromatic heterocycles. The van der Waals surface area contributed by atoms with Gasteiger partial charge in [-0.25, -0.2) is 9.29 Å². The van der Waals surface area contributed by atoms with Crippen LogP contribution in [0.1, 0.15) is 30.2 Å². The molecule has 45 heavy (non-hydrogen) atoms. The van der Waals surface area contributed by atoms with Crippen molar-refractivity contribution in [3.05, 3.63) is 103 Å². The zero-order chi connectivity index (χ0) is 32.0. The molecule has 0 saturated carbocycles. The second-order valence-electron chi connectivity index (χ2n) is 10.6. The Balaban J connectivity index is 1.40. The van der Waals surface area contributed by atoms with E-state index >= 15 is 0 Å². The first kappa shape index (κ1) is 31.3. The Bertz CT molecular complexity index is 1860. The summed E-state index contributed by atoms with van der Waals surface area (Å²) < 4.78 is 15.1. The first-order chi connectivity index (χ1) is 21.6. The minimum absolute atomic E-state index is 0.270. The van der Waals surface area contributed by atoms with E-state index in [0.717, 1.165) is 52.3 Å². The van der Waals surface area contributed by atoms with E-state index in [1.165, 1.54) is 34.9 Å². The van der Waals surface area contributed by atoms with Gasteiger partial charge in [-0.05, 0) is 74.0 Å². The number of thiazole rings is 1. The number of halogens is 3. The Kier molecular flexibility index (Phi) is 8.80. The topological polar surface area (TPSA) is 91.7 Å². The Labute approximate surface area is 276 Å². The third-order valence-corrected chi connectivity index (χ3v) is 11.4. The van der Waals surface area contributed by atoms with Crippen LogP contribution >= 0.6 is 46.3 Å². The number of fused-ring (bicyclic) bond motifs is 2. The SMILES string of the molecule is CCN(CC)c1ccc([C@@H]2c3sc(=O)n(CC(=O)Nc4ccc(Cl)c(Cl)c4)c3S[C@H]3C(=O)N(c4ccc(F)cc4)C(=O)[C@@H]23)cc1. The van der Waals surface area contributed by atoms with Gasteiger partial charge in [0.05, 0.1) is 26.7 Å². The van der Waals surface area contributed by atoms with Crippen molar-refractivity contribution in [2.24, 2.45) is 5.92 Å². The molecule has 232 valence electrons. The van der Waals surface area contributed by atoms with Crippen LogP contribution in [0.4, 0.5) is 21.5 Å². The summed E-state index contributed by atoms with van der Waals surface area (Å²) in [4.78, 5) is 58.0. The number of hydrogen-bond acceptors (Lipinski definition) is 7. The van der Waals surface area contributed by atoms with Crippen LogP contribution in [0.25, 0.3) is 0 Å². The molecule has 2 aliphatic heterocycles. The third-order valence-electron chi connectivity index (χ3n) is 8.02. The number of imide groups is 1. The van der Waals surface area contributed by atoms with E-state index in [2.05, 4.69) is 24.1 Å². The lowest BCUT2D eigenvalue weighted by Gasteiger charge is -2.31. The largest absolute Gasteiger partial charge is 0.372 e. The summed E-state index contributed by atoms with van der Waals surface area (Å²) in [5.41, 5.74) is 2.48. The van der Waals surface area contributed by atoms with E-state index in [-0.39, 0.29) is 22.1 Å². The molecule has 0 unspecified atom stereocenters. The van der Waals surface area contributed by atoms with Crippen molar-refractivity contribution in [2.45, 2.75) is 36.6 Å². The number of rotatable bonds is 8. The van der Waals surface area contributed by atoms with E-state index in [4.69, 9.17) is 23.2 Å². The smallest absolute Gasteiger partial charge is 0.308 e.